The highest BCUT2D eigenvalue weighted by Gasteiger charge is 2.22. The normalized spacial score (nSPS) is 19.1. The Morgan fingerprint density at radius 1 is 1.50 bits per heavy atom. The van der Waals surface area contributed by atoms with Crippen LogP contribution in [-0.4, -0.2) is 30.8 Å². The summed E-state index contributed by atoms with van der Waals surface area (Å²) in [7, 11) is 0. The van der Waals surface area contributed by atoms with Crippen molar-refractivity contribution in [1.82, 2.24) is 4.98 Å². The average Bonchev–Trinajstić information content (AvgIpc) is 2.47. The molecular weight excluding hydrogens is 257 g/mol. The number of fused-ring (bicyclic) bond motifs is 1. The number of benzene rings is 1. The van der Waals surface area contributed by atoms with Gasteiger partial charge in [-0.1, -0.05) is 12.1 Å². The van der Waals surface area contributed by atoms with Crippen LogP contribution in [0.15, 0.2) is 24.3 Å². The van der Waals surface area contributed by atoms with E-state index >= 15 is 0 Å². The fraction of sp³-hybridized carbons (Fsp3) is 0.333. The summed E-state index contributed by atoms with van der Waals surface area (Å²) in [6.45, 7) is 3.52. The molecule has 0 radical (unpaired) electrons. The molecule has 5 heteroatoms. The fourth-order valence-corrected chi connectivity index (χ4v) is 2.53. The van der Waals surface area contributed by atoms with E-state index in [0.717, 1.165) is 16.8 Å². The molecule has 1 saturated heterocycles. The summed E-state index contributed by atoms with van der Waals surface area (Å²) in [6.07, 6.45) is -0.444. The minimum Gasteiger partial charge on any atom is -0.365 e. The zero-order chi connectivity index (χ0) is 14.1. The number of rotatable bonds is 1. The maximum Gasteiger partial charge on any atom is 0.161 e. The molecule has 0 N–H and O–H groups in total. The molecule has 4 nitrogen and oxygen atoms in total. The van der Waals surface area contributed by atoms with Gasteiger partial charge in [0.1, 0.15) is 11.3 Å². The summed E-state index contributed by atoms with van der Waals surface area (Å²) in [4.78, 5) is 6.34. The number of ether oxygens (including phenoxy) is 1. The molecule has 3 rings (SSSR count). The maximum atomic E-state index is 13.9. The van der Waals surface area contributed by atoms with E-state index in [-0.39, 0.29) is 5.82 Å². The minimum absolute atomic E-state index is 0.322. The van der Waals surface area contributed by atoms with Crippen LogP contribution < -0.4 is 4.90 Å². The van der Waals surface area contributed by atoms with Gasteiger partial charge in [0.15, 0.2) is 6.10 Å². The van der Waals surface area contributed by atoms with E-state index in [1.165, 1.54) is 6.07 Å². The Kier molecular flexibility index (Phi) is 3.25. The van der Waals surface area contributed by atoms with Crippen molar-refractivity contribution in [2.75, 3.05) is 24.6 Å². The molecule has 0 saturated carbocycles. The number of aromatic nitrogens is 1. The molecule has 1 aliphatic rings. The van der Waals surface area contributed by atoms with Gasteiger partial charge in [0.25, 0.3) is 0 Å². The summed E-state index contributed by atoms with van der Waals surface area (Å²) in [5.41, 5.74) is 2.05. The van der Waals surface area contributed by atoms with Crippen molar-refractivity contribution in [3.63, 3.8) is 0 Å². The van der Waals surface area contributed by atoms with Crippen molar-refractivity contribution in [3.8, 4) is 6.07 Å². The fourth-order valence-electron chi connectivity index (χ4n) is 2.53. The van der Waals surface area contributed by atoms with Crippen LogP contribution in [0.4, 0.5) is 10.1 Å². The lowest BCUT2D eigenvalue weighted by Gasteiger charge is -2.32. The predicted molar refractivity (Wildman–Crippen MR) is 74.0 cm³/mol. The van der Waals surface area contributed by atoms with E-state index in [0.29, 0.717) is 25.2 Å². The molecule has 0 aliphatic carbocycles. The predicted octanol–water partition coefficient (Wildman–Crippen LogP) is 2.41. The van der Waals surface area contributed by atoms with Gasteiger partial charge in [-0.2, -0.15) is 5.26 Å². The van der Waals surface area contributed by atoms with Crippen LogP contribution >= 0.6 is 0 Å². The first kappa shape index (κ1) is 12.8. The zero-order valence-electron chi connectivity index (χ0n) is 11.1. The van der Waals surface area contributed by atoms with Crippen LogP contribution in [0.1, 0.15) is 5.69 Å². The molecule has 1 atom stereocenters. The topological polar surface area (TPSA) is 49.1 Å². The first-order valence-corrected chi connectivity index (χ1v) is 6.51. The molecule has 0 spiro atoms. The molecule has 20 heavy (non-hydrogen) atoms. The second kappa shape index (κ2) is 5.06. The quantitative estimate of drug-likeness (QED) is 0.799. The van der Waals surface area contributed by atoms with E-state index in [1.807, 2.05) is 19.1 Å². The number of hydrogen-bond donors (Lipinski definition) is 0. The van der Waals surface area contributed by atoms with E-state index in [9.17, 15) is 4.39 Å². The van der Waals surface area contributed by atoms with Crippen LogP contribution in [0.5, 0.6) is 0 Å². The molecule has 1 aromatic heterocycles. The Hall–Kier alpha value is -2.19. The van der Waals surface area contributed by atoms with Crippen molar-refractivity contribution >= 4 is 16.6 Å². The average molecular weight is 271 g/mol. The number of pyridine rings is 1. The van der Waals surface area contributed by atoms with Crippen molar-refractivity contribution < 1.29 is 9.13 Å². The SMILES string of the molecule is Cc1cc(N2CCOC(C#N)C2)c2cccc(F)c2n1. The highest BCUT2D eigenvalue weighted by atomic mass is 19.1. The van der Waals surface area contributed by atoms with Gasteiger partial charge < -0.3 is 9.64 Å². The first-order valence-electron chi connectivity index (χ1n) is 6.51. The summed E-state index contributed by atoms with van der Waals surface area (Å²) < 4.78 is 19.3. The highest BCUT2D eigenvalue weighted by Crippen LogP contribution is 2.29. The van der Waals surface area contributed by atoms with Gasteiger partial charge in [-0.15, -0.1) is 0 Å². The number of aryl methyl sites for hydroxylation is 1. The number of hydrogen-bond acceptors (Lipinski definition) is 4. The molecule has 2 aromatic rings. The van der Waals surface area contributed by atoms with Gasteiger partial charge in [-0.3, -0.25) is 0 Å². The van der Waals surface area contributed by atoms with Crippen molar-refractivity contribution in [2.24, 2.45) is 0 Å². The van der Waals surface area contributed by atoms with Crippen LogP contribution in [0.2, 0.25) is 0 Å². The monoisotopic (exact) mass is 271 g/mol. The van der Waals surface area contributed by atoms with Gasteiger partial charge in [0.2, 0.25) is 0 Å². The summed E-state index contributed by atoms with van der Waals surface area (Å²) >= 11 is 0. The third kappa shape index (κ3) is 2.19. The van der Waals surface area contributed by atoms with Gasteiger partial charge >= 0.3 is 0 Å². The molecule has 0 amide bonds. The molecular formula is C15H14FN3O. The van der Waals surface area contributed by atoms with Gasteiger partial charge in [-0.25, -0.2) is 9.37 Å². The number of anilines is 1. The summed E-state index contributed by atoms with van der Waals surface area (Å²) in [5.74, 6) is -0.322. The Balaban J connectivity index is 2.11. The smallest absolute Gasteiger partial charge is 0.161 e. The molecule has 1 unspecified atom stereocenters. The lowest BCUT2D eigenvalue weighted by molar-refractivity contribution is 0.0765. The van der Waals surface area contributed by atoms with Crippen molar-refractivity contribution in [3.05, 3.63) is 35.8 Å². The molecule has 102 valence electrons. The van der Waals surface area contributed by atoms with Crippen molar-refractivity contribution in [2.45, 2.75) is 13.0 Å². The summed E-state index contributed by atoms with van der Waals surface area (Å²) in [6, 6.07) is 9.01. The van der Waals surface area contributed by atoms with Gasteiger partial charge in [0.05, 0.1) is 19.2 Å². The second-order valence-electron chi connectivity index (χ2n) is 4.85. The highest BCUT2D eigenvalue weighted by molar-refractivity contribution is 5.92. The number of morpholine rings is 1. The first-order chi connectivity index (χ1) is 9.69. The third-order valence-electron chi connectivity index (χ3n) is 3.45. The number of nitriles is 1. The zero-order valence-corrected chi connectivity index (χ0v) is 11.1. The Labute approximate surface area is 116 Å². The maximum absolute atomic E-state index is 13.9. The van der Waals surface area contributed by atoms with E-state index < -0.39 is 6.10 Å². The Morgan fingerprint density at radius 2 is 2.35 bits per heavy atom. The number of halogens is 1. The standard InChI is InChI=1S/C15H14FN3O/c1-10-7-14(19-5-6-20-11(8-17)9-19)12-3-2-4-13(16)15(12)18-10/h2-4,7,11H,5-6,9H2,1H3. The molecule has 1 aliphatic heterocycles. The van der Waals surface area contributed by atoms with E-state index in [4.69, 9.17) is 10.00 Å². The molecule has 2 heterocycles. The van der Waals surface area contributed by atoms with Crippen LogP contribution in [0, 0.1) is 24.1 Å². The lowest BCUT2D eigenvalue weighted by atomic mass is 10.1. The Bertz CT molecular complexity index is 695. The summed E-state index contributed by atoms with van der Waals surface area (Å²) in [5, 5.41) is 9.77. The lowest BCUT2D eigenvalue weighted by Crippen LogP contribution is -2.42. The van der Waals surface area contributed by atoms with E-state index in [2.05, 4.69) is 16.0 Å². The third-order valence-corrected chi connectivity index (χ3v) is 3.45. The molecule has 0 bridgehead atoms. The second-order valence-corrected chi connectivity index (χ2v) is 4.85. The Morgan fingerprint density at radius 3 is 3.15 bits per heavy atom. The number of para-hydroxylation sites is 1. The number of nitrogens with zero attached hydrogens (tertiary/aromatic N) is 3. The van der Waals surface area contributed by atoms with Crippen molar-refractivity contribution in [1.29, 1.82) is 5.26 Å². The van der Waals surface area contributed by atoms with Crippen LogP contribution in [0.3, 0.4) is 0 Å². The van der Waals surface area contributed by atoms with E-state index in [1.54, 1.807) is 6.07 Å². The minimum atomic E-state index is -0.444. The largest absolute Gasteiger partial charge is 0.365 e. The van der Waals surface area contributed by atoms with Gasteiger partial charge in [0, 0.05) is 23.3 Å². The van der Waals surface area contributed by atoms with Crippen LogP contribution in [-0.2, 0) is 4.74 Å². The van der Waals surface area contributed by atoms with Gasteiger partial charge in [-0.05, 0) is 19.1 Å². The molecule has 1 fully saturated rings. The molecule has 1 aromatic carbocycles. The van der Waals surface area contributed by atoms with Crippen LogP contribution in [0.25, 0.3) is 10.9 Å².